The van der Waals surface area contributed by atoms with Crippen molar-refractivity contribution >= 4 is 23.8 Å². The molecule has 0 spiro atoms. The van der Waals surface area contributed by atoms with E-state index in [1.54, 1.807) is 25.7 Å². The highest BCUT2D eigenvalue weighted by Gasteiger charge is 2.31. The molecule has 2 rings (SSSR count). The number of hydrogen-bond acceptors (Lipinski definition) is 6. The van der Waals surface area contributed by atoms with Crippen LogP contribution in [-0.2, 0) is 23.9 Å². The first-order chi connectivity index (χ1) is 15.5. The lowest BCUT2D eigenvalue weighted by atomic mass is 9.81. The average molecular weight is 469 g/mol. The van der Waals surface area contributed by atoms with E-state index in [0.29, 0.717) is 38.6 Å². The Bertz CT molecular complexity index is 681. The maximum atomic E-state index is 13.2. The summed E-state index contributed by atoms with van der Waals surface area (Å²) in [7, 11) is 0. The van der Waals surface area contributed by atoms with E-state index >= 15 is 0 Å². The summed E-state index contributed by atoms with van der Waals surface area (Å²) in [6.45, 7) is 6.99. The van der Waals surface area contributed by atoms with Crippen molar-refractivity contribution in [1.82, 2.24) is 15.5 Å². The third kappa shape index (κ3) is 9.98. The number of carbonyl (C=O) groups excluding carboxylic acids is 4. The highest BCUT2D eigenvalue weighted by Crippen LogP contribution is 2.30. The minimum absolute atomic E-state index is 0.0767. The van der Waals surface area contributed by atoms with E-state index < -0.39 is 35.5 Å². The number of hydrogen-bond donors (Lipinski definition) is 3. The Labute approximate surface area is 196 Å². The molecule has 10 nitrogen and oxygen atoms in total. The Morgan fingerprint density at radius 1 is 1.09 bits per heavy atom. The predicted molar refractivity (Wildman–Crippen MR) is 122 cm³/mol. The topological polar surface area (TPSA) is 140 Å². The third-order valence-corrected chi connectivity index (χ3v) is 6.01. The minimum atomic E-state index is -1.10. The predicted octanol–water partition coefficient (Wildman–Crippen LogP) is 1.32. The number of nitrogens with two attached hydrogens (primary N) is 1. The van der Waals surface area contributed by atoms with Crippen molar-refractivity contribution in [3.05, 3.63) is 0 Å². The molecule has 2 fully saturated rings. The molecule has 1 saturated carbocycles. The number of morpholine rings is 1. The van der Waals surface area contributed by atoms with Crippen LogP contribution in [0.5, 0.6) is 0 Å². The van der Waals surface area contributed by atoms with Crippen molar-refractivity contribution in [2.24, 2.45) is 17.6 Å². The van der Waals surface area contributed by atoms with Gasteiger partial charge in [0.15, 0.2) is 0 Å². The molecule has 1 saturated heterocycles. The van der Waals surface area contributed by atoms with Gasteiger partial charge in [0.1, 0.15) is 11.6 Å². The van der Waals surface area contributed by atoms with E-state index in [9.17, 15) is 19.2 Å². The van der Waals surface area contributed by atoms with Crippen LogP contribution >= 0.6 is 0 Å². The van der Waals surface area contributed by atoms with E-state index in [4.69, 9.17) is 15.2 Å². The van der Waals surface area contributed by atoms with Crippen LogP contribution < -0.4 is 16.4 Å². The van der Waals surface area contributed by atoms with Crippen LogP contribution in [0.15, 0.2) is 0 Å². The number of rotatable bonds is 9. The quantitative estimate of drug-likeness (QED) is 0.466. The largest absolute Gasteiger partial charge is 0.444 e. The number of alkyl carbamates (subject to hydrolysis) is 1. The zero-order valence-corrected chi connectivity index (χ0v) is 20.2. The first-order valence-electron chi connectivity index (χ1n) is 12.0. The SMILES string of the molecule is CC(C)(C)OC(=O)NCC(NC(=O)C(CC(=O)N1CCOCC1)CC1CCCCC1)C(N)=O. The van der Waals surface area contributed by atoms with Crippen molar-refractivity contribution in [2.45, 2.75) is 77.4 Å². The van der Waals surface area contributed by atoms with E-state index in [0.717, 1.165) is 25.7 Å². The van der Waals surface area contributed by atoms with E-state index in [2.05, 4.69) is 10.6 Å². The number of nitrogens with zero attached hydrogens (tertiary/aromatic N) is 1. The van der Waals surface area contributed by atoms with Gasteiger partial charge in [0.05, 0.1) is 19.8 Å². The molecule has 188 valence electrons. The number of amides is 4. The maximum absolute atomic E-state index is 13.2. The molecular formula is C23H40N4O6. The first kappa shape index (κ1) is 26.9. The molecule has 1 aliphatic heterocycles. The van der Waals surface area contributed by atoms with Gasteiger partial charge in [0.25, 0.3) is 0 Å². The summed E-state index contributed by atoms with van der Waals surface area (Å²) in [5, 5.41) is 5.13. The molecule has 0 radical (unpaired) electrons. The van der Waals surface area contributed by atoms with Crippen molar-refractivity contribution in [2.75, 3.05) is 32.8 Å². The monoisotopic (exact) mass is 468 g/mol. The van der Waals surface area contributed by atoms with Gasteiger partial charge in [-0.25, -0.2) is 4.79 Å². The van der Waals surface area contributed by atoms with Crippen molar-refractivity contribution in [1.29, 1.82) is 0 Å². The Morgan fingerprint density at radius 3 is 2.30 bits per heavy atom. The molecule has 10 heteroatoms. The van der Waals surface area contributed by atoms with Crippen LogP contribution in [0.4, 0.5) is 4.79 Å². The number of nitrogens with one attached hydrogen (secondary N) is 2. The second kappa shape index (κ2) is 12.8. The lowest BCUT2D eigenvalue weighted by molar-refractivity contribution is -0.140. The molecule has 2 atom stereocenters. The van der Waals surface area contributed by atoms with Crippen LogP contribution in [0.1, 0.15) is 65.7 Å². The van der Waals surface area contributed by atoms with Gasteiger partial charge in [-0.15, -0.1) is 0 Å². The van der Waals surface area contributed by atoms with Crippen LogP contribution in [0, 0.1) is 11.8 Å². The molecule has 0 bridgehead atoms. The molecule has 0 aromatic carbocycles. The molecule has 33 heavy (non-hydrogen) atoms. The van der Waals surface area contributed by atoms with E-state index in [1.807, 2.05) is 0 Å². The molecule has 0 aromatic rings. The fourth-order valence-corrected chi connectivity index (χ4v) is 4.27. The van der Waals surface area contributed by atoms with Gasteiger partial charge in [-0.1, -0.05) is 32.1 Å². The zero-order chi connectivity index (χ0) is 24.4. The van der Waals surface area contributed by atoms with Crippen LogP contribution in [-0.4, -0.2) is 73.2 Å². The summed E-state index contributed by atoms with van der Waals surface area (Å²) in [6, 6.07) is -1.10. The Kier molecular flexibility index (Phi) is 10.4. The lowest BCUT2D eigenvalue weighted by Gasteiger charge is -2.30. The average Bonchev–Trinajstić information content (AvgIpc) is 2.75. The fraction of sp³-hybridized carbons (Fsp3) is 0.826. The van der Waals surface area contributed by atoms with Crippen molar-refractivity contribution in [3.63, 3.8) is 0 Å². The van der Waals surface area contributed by atoms with Gasteiger partial charge in [0.2, 0.25) is 17.7 Å². The zero-order valence-electron chi connectivity index (χ0n) is 20.2. The number of carbonyl (C=O) groups is 4. The number of primary amides is 1. The van der Waals surface area contributed by atoms with Gasteiger partial charge in [-0.05, 0) is 33.1 Å². The van der Waals surface area contributed by atoms with Crippen molar-refractivity contribution in [3.8, 4) is 0 Å². The molecule has 1 heterocycles. The van der Waals surface area contributed by atoms with Gasteiger partial charge < -0.3 is 30.7 Å². The Morgan fingerprint density at radius 2 is 1.73 bits per heavy atom. The van der Waals surface area contributed by atoms with Gasteiger partial charge >= 0.3 is 6.09 Å². The minimum Gasteiger partial charge on any atom is -0.444 e. The Hall–Kier alpha value is -2.36. The molecule has 0 aromatic heterocycles. The number of ether oxygens (including phenoxy) is 2. The fourth-order valence-electron chi connectivity index (χ4n) is 4.27. The summed E-state index contributed by atoms with van der Waals surface area (Å²) in [5.74, 6) is -1.44. The Balaban J connectivity index is 2.00. The summed E-state index contributed by atoms with van der Waals surface area (Å²) < 4.78 is 10.5. The smallest absolute Gasteiger partial charge is 0.407 e. The van der Waals surface area contributed by atoms with Crippen molar-refractivity contribution < 1.29 is 28.7 Å². The maximum Gasteiger partial charge on any atom is 0.407 e. The van der Waals surface area contributed by atoms with Gasteiger partial charge in [-0.3, -0.25) is 14.4 Å². The highest BCUT2D eigenvalue weighted by molar-refractivity contribution is 5.90. The summed E-state index contributed by atoms with van der Waals surface area (Å²) in [4.78, 5) is 51.6. The van der Waals surface area contributed by atoms with E-state index in [-0.39, 0.29) is 18.9 Å². The molecule has 4 amide bonds. The van der Waals surface area contributed by atoms with Crippen LogP contribution in [0.25, 0.3) is 0 Å². The summed E-state index contributed by atoms with van der Waals surface area (Å²) in [5.41, 5.74) is 4.77. The van der Waals surface area contributed by atoms with Crippen LogP contribution in [0.3, 0.4) is 0 Å². The second-order valence-electron chi connectivity index (χ2n) is 9.98. The second-order valence-corrected chi connectivity index (χ2v) is 9.98. The molecule has 4 N–H and O–H groups in total. The lowest BCUT2D eigenvalue weighted by Crippen LogP contribution is -2.53. The van der Waals surface area contributed by atoms with Gasteiger partial charge in [-0.2, -0.15) is 0 Å². The highest BCUT2D eigenvalue weighted by atomic mass is 16.6. The normalized spacial score (nSPS) is 19.3. The summed E-state index contributed by atoms with van der Waals surface area (Å²) >= 11 is 0. The standard InChI is InChI=1S/C23H40N4O6/c1-23(2,3)33-22(31)25-15-18(20(24)29)26-21(30)17(13-16-7-5-4-6-8-16)14-19(28)27-9-11-32-12-10-27/h16-18H,4-15H2,1-3H3,(H2,24,29)(H,25,31)(H,26,30). The van der Waals surface area contributed by atoms with Gasteiger partial charge in [0, 0.05) is 25.4 Å². The first-order valence-corrected chi connectivity index (χ1v) is 12.0. The summed E-state index contributed by atoms with van der Waals surface area (Å²) in [6.07, 6.45) is 5.48. The molecule has 1 aliphatic carbocycles. The third-order valence-electron chi connectivity index (χ3n) is 6.01. The van der Waals surface area contributed by atoms with Crippen LogP contribution in [0.2, 0.25) is 0 Å². The molecule has 2 unspecified atom stereocenters. The van der Waals surface area contributed by atoms with E-state index in [1.165, 1.54) is 6.42 Å². The molecular weight excluding hydrogens is 428 g/mol. The molecule has 2 aliphatic rings.